The summed E-state index contributed by atoms with van der Waals surface area (Å²) in [4.78, 5) is 2.04. The van der Waals surface area contributed by atoms with Crippen molar-refractivity contribution in [2.24, 2.45) is 0 Å². The Morgan fingerprint density at radius 2 is 1.95 bits per heavy atom. The molecule has 1 atom stereocenters. The number of halogens is 4. The van der Waals surface area contributed by atoms with Crippen LogP contribution in [0.2, 0.25) is 0 Å². The summed E-state index contributed by atoms with van der Waals surface area (Å²) in [6.07, 6.45) is -5.01. The number of benzene rings is 1. The second-order valence-electron chi connectivity index (χ2n) is 5.16. The third-order valence-electron chi connectivity index (χ3n) is 3.63. The first-order valence-electron chi connectivity index (χ1n) is 6.87. The number of alkyl halides is 3. The fourth-order valence-corrected chi connectivity index (χ4v) is 3.13. The summed E-state index contributed by atoms with van der Waals surface area (Å²) in [5.41, 5.74) is 0.709. The zero-order chi connectivity index (χ0) is 15.5. The fraction of sp³-hybridized carbons (Fsp3) is 0.571. The largest absolute Gasteiger partial charge is 0.508 e. The molecule has 1 aliphatic rings. The molecule has 0 amide bonds. The third kappa shape index (κ3) is 4.86. The number of phenolic OH excluding ortho intramolecular Hbond substituents is 1. The average Bonchev–Trinajstić information content (AvgIpc) is 2.43. The maximum absolute atomic E-state index is 12.6. The van der Waals surface area contributed by atoms with Gasteiger partial charge in [-0.25, -0.2) is 0 Å². The molecule has 0 bridgehead atoms. The van der Waals surface area contributed by atoms with Gasteiger partial charge in [0.2, 0.25) is 0 Å². The van der Waals surface area contributed by atoms with Crippen molar-refractivity contribution in [3.05, 3.63) is 28.2 Å². The zero-order valence-corrected chi connectivity index (χ0v) is 13.0. The van der Waals surface area contributed by atoms with Crippen LogP contribution >= 0.6 is 15.9 Å². The van der Waals surface area contributed by atoms with Crippen molar-refractivity contribution in [3.63, 3.8) is 0 Å². The van der Waals surface area contributed by atoms with Crippen molar-refractivity contribution in [1.82, 2.24) is 10.2 Å². The van der Waals surface area contributed by atoms with E-state index in [1.165, 1.54) is 6.07 Å². The normalized spacial score (nSPS) is 18.7. The van der Waals surface area contributed by atoms with E-state index in [2.05, 4.69) is 21.2 Å². The molecule has 0 spiro atoms. The first kappa shape index (κ1) is 16.6. The van der Waals surface area contributed by atoms with Gasteiger partial charge in [-0.15, -0.1) is 0 Å². The Bertz CT molecular complexity index is 476. The second kappa shape index (κ2) is 6.98. The molecule has 118 valence electrons. The lowest BCUT2D eigenvalue weighted by molar-refractivity contribution is -0.138. The highest BCUT2D eigenvalue weighted by molar-refractivity contribution is 9.10. The second-order valence-corrected chi connectivity index (χ2v) is 6.02. The summed E-state index contributed by atoms with van der Waals surface area (Å²) in [5, 5.41) is 12.8. The van der Waals surface area contributed by atoms with Crippen LogP contribution in [-0.2, 0) is 0 Å². The number of aromatic hydroxyl groups is 1. The lowest BCUT2D eigenvalue weighted by Gasteiger charge is -2.36. The standard InChI is InChI=1S/C14H18BrF3N2O/c15-12-2-1-10(21)9-11(12)13(3-4-14(16,17)18)20-7-5-19-6-8-20/h1-2,9,13,19,21H,3-8H2/t13-/m1/s1. The number of nitrogens with one attached hydrogen (secondary N) is 1. The van der Waals surface area contributed by atoms with Crippen LogP contribution in [0.1, 0.15) is 24.4 Å². The molecule has 7 heteroatoms. The molecule has 1 aliphatic heterocycles. The van der Waals surface area contributed by atoms with Crippen molar-refractivity contribution >= 4 is 15.9 Å². The van der Waals surface area contributed by atoms with Crippen LogP contribution in [0.15, 0.2) is 22.7 Å². The summed E-state index contributed by atoms with van der Waals surface area (Å²) in [5.74, 6) is 0.0698. The van der Waals surface area contributed by atoms with Crippen LogP contribution < -0.4 is 5.32 Å². The molecule has 1 heterocycles. The molecule has 1 aromatic carbocycles. The molecule has 2 N–H and O–H groups in total. The molecule has 0 aromatic heterocycles. The zero-order valence-electron chi connectivity index (χ0n) is 11.5. The molecule has 2 rings (SSSR count). The predicted octanol–water partition coefficient (Wildman–Crippen LogP) is 3.44. The van der Waals surface area contributed by atoms with Crippen molar-refractivity contribution in [2.45, 2.75) is 25.1 Å². The van der Waals surface area contributed by atoms with Gasteiger partial charge in [0.15, 0.2) is 0 Å². The first-order valence-corrected chi connectivity index (χ1v) is 7.66. The van der Waals surface area contributed by atoms with E-state index < -0.39 is 12.6 Å². The highest BCUT2D eigenvalue weighted by atomic mass is 79.9. The SMILES string of the molecule is Oc1ccc(Br)c([C@@H](CCC(F)(F)F)N2CCNCC2)c1. The summed E-state index contributed by atoms with van der Waals surface area (Å²) < 4.78 is 38.5. The Kier molecular flexibility index (Phi) is 5.51. The van der Waals surface area contributed by atoms with E-state index in [0.29, 0.717) is 18.7 Å². The topological polar surface area (TPSA) is 35.5 Å². The fourth-order valence-electron chi connectivity index (χ4n) is 2.62. The van der Waals surface area contributed by atoms with Gasteiger partial charge in [-0.2, -0.15) is 13.2 Å². The highest BCUT2D eigenvalue weighted by Crippen LogP contribution is 2.36. The van der Waals surface area contributed by atoms with Gasteiger partial charge in [0.1, 0.15) is 5.75 Å². The van der Waals surface area contributed by atoms with E-state index in [-0.39, 0.29) is 18.2 Å². The molecule has 3 nitrogen and oxygen atoms in total. The van der Waals surface area contributed by atoms with Crippen molar-refractivity contribution in [3.8, 4) is 5.75 Å². The minimum atomic E-state index is -4.17. The molecule has 1 aromatic rings. The van der Waals surface area contributed by atoms with E-state index >= 15 is 0 Å². The Morgan fingerprint density at radius 3 is 2.57 bits per heavy atom. The van der Waals surface area contributed by atoms with Crippen LogP contribution in [-0.4, -0.2) is 42.4 Å². The maximum atomic E-state index is 12.6. The maximum Gasteiger partial charge on any atom is 0.389 e. The first-order chi connectivity index (χ1) is 9.87. The Morgan fingerprint density at radius 1 is 1.29 bits per heavy atom. The Hall–Kier alpha value is -0.790. The van der Waals surface area contributed by atoms with E-state index in [1.54, 1.807) is 12.1 Å². The molecule has 1 fully saturated rings. The van der Waals surface area contributed by atoms with Crippen molar-refractivity contribution in [2.75, 3.05) is 26.2 Å². The Balaban J connectivity index is 2.23. The van der Waals surface area contributed by atoms with Crippen LogP contribution in [0, 0.1) is 0 Å². The summed E-state index contributed by atoms with van der Waals surface area (Å²) in [7, 11) is 0. The quantitative estimate of drug-likeness (QED) is 0.856. The molecule has 0 saturated carbocycles. The summed E-state index contributed by atoms with van der Waals surface area (Å²) in [6.45, 7) is 2.92. The van der Waals surface area contributed by atoms with Gasteiger partial charge in [0.25, 0.3) is 0 Å². The number of nitrogens with zero attached hydrogens (tertiary/aromatic N) is 1. The molecular formula is C14H18BrF3N2O. The molecule has 21 heavy (non-hydrogen) atoms. The lowest BCUT2D eigenvalue weighted by atomic mass is 9.99. The van der Waals surface area contributed by atoms with E-state index in [1.807, 2.05) is 4.90 Å². The molecule has 0 aliphatic carbocycles. The van der Waals surface area contributed by atoms with E-state index in [9.17, 15) is 18.3 Å². The van der Waals surface area contributed by atoms with Crippen molar-refractivity contribution < 1.29 is 18.3 Å². The monoisotopic (exact) mass is 366 g/mol. The average molecular weight is 367 g/mol. The number of hydrogen-bond acceptors (Lipinski definition) is 3. The van der Waals surface area contributed by atoms with Crippen molar-refractivity contribution in [1.29, 1.82) is 0 Å². The van der Waals surface area contributed by atoms with Gasteiger partial charge in [-0.05, 0) is 30.2 Å². The van der Waals surface area contributed by atoms with Crippen LogP contribution in [0.4, 0.5) is 13.2 Å². The summed E-state index contributed by atoms with van der Waals surface area (Å²) >= 11 is 3.38. The number of phenols is 1. The predicted molar refractivity (Wildman–Crippen MR) is 78.3 cm³/mol. The minimum absolute atomic E-state index is 0.00838. The molecular weight excluding hydrogens is 349 g/mol. The number of piperazine rings is 1. The van der Waals surface area contributed by atoms with Crippen LogP contribution in [0.25, 0.3) is 0 Å². The highest BCUT2D eigenvalue weighted by Gasteiger charge is 2.32. The van der Waals surface area contributed by atoms with Gasteiger partial charge in [-0.3, -0.25) is 4.90 Å². The molecule has 0 unspecified atom stereocenters. The van der Waals surface area contributed by atoms with Crippen LogP contribution in [0.3, 0.4) is 0 Å². The number of hydrogen-bond donors (Lipinski definition) is 2. The third-order valence-corrected chi connectivity index (χ3v) is 4.35. The minimum Gasteiger partial charge on any atom is -0.508 e. The Labute approximate surface area is 130 Å². The van der Waals surface area contributed by atoms with Gasteiger partial charge >= 0.3 is 6.18 Å². The van der Waals surface area contributed by atoms with Gasteiger partial charge in [0.05, 0.1) is 0 Å². The lowest BCUT2D eigenvalue weighted by Crippen LogP contribution is -2.45. The smallest absolute Gasteiger partial charge is 0.389 e. The van der Waals surface area contributed by atoms with Gasteiger partial charge in [0, 0.05) is 43.1 Å². The molecule has 1 saturated heterocycles. The molecule has 0 radical (unpaired) electrons. The van der Waals surface area contributed by atoms with Crippen LogP contribution in [0.5, 0.6) is 5.75 Å². The van der Waals surface area contributed by atoms with E-state index in [0.717, 1.165) is 17.6 Å². The van der Waals surface area contributed by atoms with Gasteiger partial charge in [-0.1, -0.05) is 15.9 Å². The number of rotatable bonds is 4. The summed E-state index contributed by atoms with van der Waals surface area (Å²) in [6, 6.07) is 4.39. The van der Waals surface area contributed by atoms with Gasteiger partial charge < -0.3 is 10.4 Å². The van der Waals surface area contributed by atoms with E-state index in [4.69, 9.17) is 0 Å².